The average molecular weight is 370 g/mol. The number of anilines is 1. The topological polar surface area (TPSA) is 50.8 Å². The van der Waals surface area contributed by atoms with Gasteiger partial charge in [0.1, 0.15) is 5.82 Å². The lowest BCUT2D eigenvalue weighted by atomic mass is 10.0. The van der Waals surface area contributed by atoms with Gasteiger partial charge in [-0.1, -0.05) is 6.07 Å². The number of hydrogen-bond donors (Lipinski definition) is 1. The van der Waals surface area contributed by atoms with Crippen LogP contribution in [-0.4, -0.2) is 36.7 Å². The Kier molecular flexibility index (Phi) is 5.14. The minimum Gasteiger partial charge on any atom is -0.454 e. The number of fused-ring (bicyclic) bond motifs is 1. The van der Waals surface area contributed by atoms with Crippen molar-refractivity contribution in [2.75, 3.05) is 25.2 Å². The van der Waals surface area contributed by atoms with Crippen LogP contribution in [0.15, 0.2) is 42.5 Å². The van der Waals surface area contributed by atoms with Gasteiger partial charge in [0, 0.05) is 31.2 Å². The molecule has 4 rings (SSSR count). The number of likely N-dealkylation sites (tertiary alicyclic amines) is 1. The number of halogens is 1. The first-order valence-electron chi connectivity index (χ1n) is 9.36. The Balaban J connectivity index is 1.29. The molecule has 27 heavy (non-hydrogen) atoms. The molecule has 5 nitrogen and oxygen atoms in total. The van der Waals surface area contributed by atoms with Crippen molar-refractivity contribution in [3.05, 3.63) is 53.8 Å². The summed E-state index contributed by atoms with van der Waals surface area (Å²) in [6.45, 7) is 1.73. The van der Waals surface area contributed by atoms with Crippen molar-refractivity contribution in [3.8, 4) is 11.5 Å². The van der Waals surface area contributed by atoms with E-state index in [0.717, 1.165) is 42.1 Å². The van der Waals surface area contributed by atoms with Crippen molar-refractivity contribution < 1.29 is 18.7 Å². The lowest BCUT2D eigenvalue weighted by Crippen LogP contribution is -2.45. The summed E-state index contributed by atoms with van der Waals surface area (Å²) >= 11 is 0. The fraction of sp³-hybridized carbons (Fsp3) is 0.381. The Bertz CT molecular complexity index is 810. The molecule has 1 fully saturated rings. The molecule has 2 aliphatic heterocycles. The molecule has 2 heterocycles. The number of carbonyl (C=O) groups is 1. The van der Waals surface area contributed by atoms with Gasteiger partial charge in [-0.3, -0.25) is 4.79 Å². The molecule has 0 bridgehead atoms. The number of carbonyl (C=O) groups excluding carboxylic acids is 1. The highest BCUT2D eigenvalue weighted by Crippen LogP contribution is 2.32. The zero-order valence-electron chi connectivity index (χ0n) is 15.1. The van der Waals surface area contributed by atoms with Crippen LogP contribution in [0.25, 0.3) is 0 Å². The number of nitrogens with zero attached hydrogens (tertiary/aromatic N) is 1. The van der Waals surface area contributed by atoms with Crippen LogP contribution in [0.3, 0.4) is 0 Å². The van der Waals surface area contributed by atoms with Crippen molar-refractivity contribution in [1.29, 1.82) is 0 Å². The Morgan fingerprint density at radius 1 is 1.15 bits per heavy atom. The number of nitrogens with one attached hydrogen (secondary N) is 1. The molecule has 0 saturated carbocycles. The van der Waals surface area contributed by atoms with E-state index in [2.05, 4.69) is 5.32 Å². The maximum absolute atomic E-state index is 13.0. The first-order valence-corrected chi connectivity index (χ1v) is 9.36. The first kappa shape index (κ1) is 17.6. The zero-order valence-corrected chi connectivity index (χ0v) is 15.1. The molecule has 1 saturated heterocycles. The number of rotatable bonds is 5. The molecule has 2 aliphatic rings. The van der Waals surface area contributed by atoms with Crippen LogP contribution in [0.1, 0.15) is 24.8 Å². The maximum Gasteiger partial charge on any atom is 0.231 e. The van der Waals surface area contributed by atoms with Crippen LogP contribution >= 0.6 is 0 Å². The Labute approximate surface area is 158 Å². The second-order valence-corrected chi connectivity index (χ2v) is 7.02. The van der Waals surface area contributed by atoms with Gasteiger partial charge in [-0.2, -0.15) is 0 Å². The van der Waals surface area contributed by atoms with Crippen LogP contribution in [0.2, 0.25) is 0 Å². The van der Waals surface area contributed by atoms with Gasteiger partial charge in [0.15, 0.2) is 11.5 Å². The average Bonchev–Trinajstić information content (AvgIpc) is 3.16. The molecule has 1 N–H and O–H groups in total. The molecule has 1 unspecified atom stereocenters. The molecule has 2 aromatic carbocycles. The van der Waals surface area contributed by atoms with E-state index >= 15 is 0 Å². The largest absolute Gasteiger partial charge is 0.454 e. The van der Waals surface area contributed by atoms with Crippen molar-refractivity contribution >= 4 is 11.6 Å². The van der Waals surface area contributed by atoms with E-state index < -0.39 is 0 Å². The minimum absolute atomic E-state index is 0.165. The van der Waals surface area contributed by atoms with E-state index in [1.165, 1.54) is 12.1 Å². The van der Waals surface area contributed by atoms with Gasteiger partial charge in [0.05, 0.1) is 0 Å². The minimum atomic E-state index is -0.246. The van der Waals surface area contributed by atoms with Gasteiger partial charge in [-0.15, -0.1) is 0 Å². The summed E-state index contributed by atoms with van der Waals surface area (Å²) in [6.07, 6.45) is 3.13. The summed E-state index contributed by atoms with van der Waals surface area (Å²) in [5.41, 5.74) is 1.96. The maximum atomic E-state index is 13.0. The van der Waals surface area contributed by atoms with Crippen LogP contribution in [0.4, 0.5) is 10.1 Å². The summed E-state index contributed by atoms with van der Waals surface area (Å²) in [5, 5.41) is 3.40. The van der Waals surface area contributed by atoms with E-state index in [-0.39, 0.29) is 24.6 Å². The third kappa shape index (κ3) is 4.32. The fourth-order valence-corrected chi connectivity index (χ4v) is 3.61. The highest BCUT2D eigenvalue weighted by Gasteiger charge is 2.23. The molecule has 142 valence electrons. The first-order chi connectivity index (χ1) is 13.2. The molecular formula is C21H23FN2O3. The summed E-state index contributed by atoms with van der Waals surface area (Å²) in [7, 11) is 0. The van der Waals surface area contributed by atoms with Gasteiger partial charge >= 0.3 is 0 Å². The molecule has 1 atom stereocenters. The Morgan fingerprint density at radius 3 is 2.81 bits per heavy atom. The van der Waals surface area contributed by atoms with Crippen molar-refractivity contribution in [1.82, 2.24) is 4.90 Å². The molecule has 2 aromatic rings. The quantitative estimate of drug-likeness (QED) is 0.874. The molecular weight excluding hydrogens is 347 g/mol. The van der Waals surface area contributed by atoms with Crippen LogP contribution in [-0.2, 0) is 11.2 Å². The number of ether oxygens (including phenoxy) is 2. The number of hydrogen-bond acceptors (Lipinski definition) is 4. The number of amides is 1. The lowest BCUT2D eigenvalue weighted by molar-refractivity contribution is -0.132. The third-order valence-electron chi connectivity index (χ3n) is 5.05. The molecule has 1 amide bonds. The summed E-state index contributed by atoms with van der Waals surface area (Å²) in [6, 6.07) is 12.4. The van der Waals surface area contributed by atoms with Gasteiger partial charge in [0.2, 0.25) is 12.7 Å². The third-order valence-corrected chi connectivity index (χ3v) is 5.05. The van der Waals surface area contributed by atoms with Crippen LogP contribution < -0.4 is 14.8 Å². The molecule has 0 radical (unpaired) electrons. The van der Waals surface area contributed by atoms with Gasteiger partial charge in [0.25, 0.3) is 0 Å². The molecule has 0 spiro atoms. The Morgan fingerprint density at radius 2 is 1.96 bits per heavy atom. The van der Waals surface area contributed by atoms with Gasteiger partial charge in [-0.05, 0) is 61.2 Å². The SMILES string of the molecule is O=C(CCc1ccc2c(c1)OCO2)N1CCCC(Nc2ccc(F)cc2)C1. The highest BCUT2D eigenvalue weighted by atomic mass is 19.1. The normalized spacial score (nSPS) is 18.4. The summed E-state index contributed by atoms with van der Waals surface area (Å²) in [4.78, 5) is 14.6. The van der Waals surface area contributed by atoms with Crippen molar-refractivity contribution in [2.24, 2.45) is 0 Å². The van der Waals surface area contributed by atoms with Crippen LogP contribution in [0, 0.1) is 5.82 Å². The van der Waals surface area contributed by atoms with Crippen molar-refractivity contribution in [3.63, 3.8) is 0 Å². The monoisotopic (exact) mass is 370 g/mol. The predicted octanol–water partition coefficient (Wildman–Crippen LogP) is 3.59. The van der Waals surface area contributed by atoms with E-state index in [4.69, 9.17) is 9.47 Å². The van der Waals surface area contributed by atoms with E-state index in [1.54, 1.807) is 12.1 Å². The fourth-order valence-electron chi connectivity index (χ4n) is 3.61. The van der Waals surface area contributed by atoms with E-state index in [0.29, 0.717) is 19.4 Å². The molecule has 6 heteroatoms. The zero-order chi connectivity index (χ0) is 18.6. The molecule has 0 aromatic heterocycles. The molecule has 0 aliphatic carbocycles. The van der Waals surface area contributed by atoms with E-state index in [9.17, 15) is 9.18 Å². The predicted molar refractivity (Wildman–Crippen MR) is 101 cm³/mol. The Hall–Kier alpha value is -2.76. The standard InChI is InChI=1S/C21H23FN2O3/c22-16-5-7-17(8-6-16)23-18-2-1-11-24(13-18)21(25)10-4-15-3-9-19-20(12-15)27-14-26-19/h3,5-9,12,18,23H,1-2,4,10-11,13-14H2. The number of piperidine rings is 1. The second kappa shape index (κ2) is 7.86. The summed E-state index contributed by atoms with van der Waals surface area (Å²) < 4.78 is 23.7. The van der Waals surface area contributed by atoms with Crippen molar-refractivity contribution in [2.45, 2.75) is 31.7 Å². The second-order valence-electron chi connectivity index (χ2n) is 7.02. The smallest absolute Gasteiger partial charge is 0.231 e. The number of aryl methyl sites for hydroxylation is 1. The van der Waals surface area contributed by atoms with Gasteiger partial charge < -0.3 is 19.7 Å². The number of benzene rings is 2. The van der Waals surface area contributed by atoms with Gasteiger partial charge in [-0.25, -0.2) is 4.39 Å². The summed E-state index contributed by atoms with van der Waals surface area (Å²) in [5.74, 6) is 1.43. The van der Waals surface area contributed by atoms with E-state index in [1.807, 2.05) is 23.1 Å². The lowest BCUT2D eigenvalue weighted by Gasteiger charge is -2.34. The highest BCUT2D eigenvalue weighted by molar-refractivity contribution is 5.76. The van der Waals surface area contributed by atoms with Crippen LogP contribution in [0.5, 0.6) is 11.5 Å².